The normalized spacial score (nSPS) is 19.0. The number of nitrogens with zero attached hydrogens (tertiary/aromatic N) is 3. The Bertz CT molecular complexity index is 716. The molecule has 1 aliphatic heterocycles. The van der Waals surface area contributed by atoms with Crippen molar-refractivity contribution >= 4 is 28.3 Å². The number of carbonyl (C=O) groups is 2. The number of hydrogen-bond donors (Lipinski definition) is 1. The van der Waals surface area contributed by atoms with E-state index in [1.165, 1.54) is 11.3 Å². The quantitative estimate of drug-likeness (QED) is 0.934. The van der Waals surface area contributed by atoms with Crippen molar-refractivity contribution < 1.29 is 9.59 Å². The van der Waals surface area contributed by atoms with E-state index in [1.807, 2.05) is 44.2 Å². The maximum absolute atomic E-state index is 12.3. The first-order chi connectivity index (χ1) is 11.0. The fourth-order valence-electron chi connectivity index (χ4n) is 2.75. The monoisotopic (exact) mass is 330 g/mol. The van der Waals surface area contributed by atoms with Crippen LogP contribution in [0.4, 0.5) is 5.13 Å². The standard InChI is InChI=1S/C16H18N4O2S/c1-10(12-6-4-3-5-7-12)20-9-13(8-14(20)21)15(22)17-16-19-18-11(2)23-16/h3-7,10,13H,8-9H2,1-2H3,(H,17,19,22)/t10-,13-/m1/s1. The predicted molar refractivity (Wildman–Crippen MR) is 88.0 cm³/mol. The number of anilines is 1. The van der Waals surface area contributed by atoms with Gasteiger partial charge in [0, 0.05) is 13.0 Å². The topological polar surface area (TPSA) is 75.2 Å². The van der Waals surface area contributed by atoms with E-state index in [0.717, 1.165) is 10.6 Å². The molecule has 2 amide bonds. The lowest BCUT2D eigenvalue weighted by Gasteiger charge is -2.25. The molecule has 0 spiro atoms. The van der Waals surface area contributed by atoms with Crippen LogP contribution in [0.5, 0.6) is 0 Å². The molecule has 120 valence electrons. The van der Waals surface area contributed by atoms with Gasteiger partial charge in [0.2, 0.25) is 16.9 Å². The molecule has 1 N–H and O–H groups in total. The third kappa shape index (κ3) is 3.39. The highest BCUT2D eigenvalue weighted by atomic mass is 32.1. The van der Waals surface area contributed by atoms with Crippen molar-refractivity contribution in [2.45, 2.75) is 26.3 Å². The average molecular weight is 330 g/mol. The molecule has 6 nitrogen and oxygen atoms in total. The summed E-state index contributed by atoms with van der Waals surface area (Å²) in [6.45, 7) is 4.25. The Morgan fingerprint density at radius 2 is 2.09 bits per heavy atom. The lowest BCUT2D eigenvalue weighted by molar-refractivity contribution is -0.129. The van der Waals surface area contributed by atoms with Gasteiger partial charge in [-0.15, -0.1) is 10.2 Å². The zero-order chi connectivity index (χ0) is 16.4. The molecule has 0 saturated carbocycles. The molecule has 3 rings (SSSR count). The highest BCUT2D eigenvalue weighted by Gasteiger charge is 2.37. The predicted octanol–water partition coefficient (Wildman–Crippen LogP) is 2.39. The Hall–Kier alpha value is -2.28. The van der Waals surface area contributed by atoms with Crippen LogP contribution in [-0.2, 0) is 9.59 Å². The summed E-state index contributed by atoms with van der Waals surface area (Å²) < 4.78 is 0. The van der Waals surface area contributed by atoms with Crippen LogP contribution < -0.4 is 5.32 Å². The highest BCUT2D eigenvalue weighted by molar-refractivity contribution is 7.15. The summed E-state index contributed by atoms with van der Waals surface area (Å²) in [5.41, 5.74) is 1.07. The number of rotatable bonds is 4. The average Bonchev–Trinajstić information content (AvgIpc) is 3.13. The molecule has 0 bridgehead atoms. The molecule has 23 heavy (non-hydrogen) atoms. The lowest BCUT2D eigenvalue weighted by Crippen LogP contribution is -2.30. The summed E-state index contributed by atoms with van der Waals surface area (Å²) in [7, 11) is 0. The SMILES string of the molecule is Cc1nnc(NC(=O)[C@@H]2CC(=O)N([C@H](C)c3ccccc3)C2)s1. The van der Waals surface area contributed by atoms with Gasteiger partial charge in [-0.1, -0.05) is 41.7 Å². The second-order valence-corrected chi connectivity index (χ2v) is 6.83. The Morgan fingerprint density at radius 1 is 1.35 bits per heavy atom. The van der Waals surface area contributed by atoms with E-state index >= 15 is 0 Å². The molecule has 1 aromatic carbocycles. The van der Waals surface area contributed by atoms with Crippen molar-refractivity contribution in [1.29, 1.82) is 0 Å². The molecule has 2 heterocycles. The van der Waals surface area contributed by atoms with Gasteiger partial charge in [-0.2, -0.15) is 0 Å². The van der Waals surface area contributed by atoms with Gasteiger partial charge in [0.15, 0.2) is 0 Å². The first-order valence-electron chi connectivity index (χ1n) is 7.50. The van der Waals surface area contributed by atoms with E-state index in [9.17, 15) is 9.59 Å². The Morgan fingerprint density at radius 3 is 2.74 bits per heavy atom. The minimum atomic E-state index is -0.349. The third-order valence-electron chi connectivity index (χ3n) is 4.03. The van der Waals surface area contributed by atoms with Crippen LogP contribution in [0.3, 0.4) is 0 Å². The summed E-state index contributed by atoms with van der Waals surface area (Å²) in [5, 5.41) is 11.8. The van der Waals surface area contributed by atoms with Gasteiger partial charge in [-0.05, 0) is 19.4 Å². The van der Waals surface area contributed by atoms with Crippen LogP contribution in [0.1, 0.15) is 30.0 Å². The second-order valence-electron chi connectivity index (χ2n) is 5.65. The zero-order valence-electron chi connectivity index (χ0n) is 13.0. The van der Waals surface area contributed by atoms with Crippen LogP contribution in [0.25, 0.3) is 0 Å². The fraction of sp³-hybridized carbons (Fsp3) is 0.375. The molecule has 1 aromatic heterocycles. The smallest absolute Gasteiger partial charge is 0.231 e. The van der Waals surface area contributed by atoms with E-state index in [0.29, 0.717) is 11.7 Å². The Labute approximate surface area is 138 Å². The number of aryl methyl sites for hydroxylation is 1. The van der Waals surface area contributed by atoms with E-state index in [2.05, 4.69) is 15.5 Å². The van der Waals surface area contributed by atoms with Gasteiger partial charge >= 0.3 is 0 Å². The van der Waals surface area contributed by atoms with Crippen molar-refractivity contribution in [2.24, 2.45) is 5.92 Å². The summed E-state index contributed by atoms with van der Waals surface area (Å²) in [5.74, 6) is -0.509. The molecule has 1 fully saturated rings. The van der Waals surface area contributed by atoms with Crippen molar-refractivity contribution in [1.82, 2.24) is 15.1 Å². The van der Waals surface area contributed by atoms with Crippen LogP contribution >= 0.6 is 11.3 Å². The van der Waals surface area contributed by atoms with Crippen LogP contribution in [0, 0.1) is 12.8 Å². The van der Waals surface area contributed by atoms with Gasteiger partial charge in [0.25, 0.3) is 0 Å². The van der Waals surface area contributed by atoms with Gasteiger partial charge in [0.1, 0.15) is 5.01 Å². The van der Waals surface area contributed by atoms with Crippen molar-refractivity contribution in [3.05, 3.63) is 40.9 Å². The van der Waals surface area contributed by atoms with Crippen LogP contribution in [0.2, 0.25) is 0 Å². The summed E-state index contributed by atoms with van der Waals surface area (Å²) in [6.07, 6.45) is 0.237. The van der Waals surface area contributed by atoms with Crippen molar-refractivity contribution in [3.8, 4) is 0 Å². The van der Waals surface area contributed by atoms with Gasteiger partial charge in [0.05, 0.1) is 12.0 Å². The lowest BCUT2D eigenvalue weighted by atomic mass is 10.1. The summed E-state index contributed by atoms with van der Waals surface area (Å²) >= 11 is 1.33. The number of hydrogen-bond acceptors (Lipinski definition) is 5. The Balaban J connectivity index is 1.66. The minimum Gasteiger partial charge on any atom is -0.335 e. The largest absolute Gasteiger partial charge is 0.335 e. The number of likely N-dealkylation sites (tertiary alicyclic amines) is 1. The molecule has 2 atom stereocenters. The number of aromatic nitrogens is 2. The molecular formula is C16H18N4O2S. The van der Waals surface area contributed by atoms with Crippen LogP contribution in [0.15, 0.2) is 30.3 Å². The molecule has 7 heteroatoms. The second kappa shape index (κ2) is 6.45. The van der Waals surface area contributed by atoms with Crippen molar-refractivity contribution in [3.63, 3.8) is 0 Å². The zero-order valence-corrected chi connectivity index (χ0v) is 13.8. The number of benzene rings is 1. The minimum absolute atomic E-state index is 0.00921. The first-order valence-corrected chi connectivity index (χ1v) is 8.31. The van der Waals surface area contributed by atoms with Gasteiger partial charge in [-0.25, -0.2) is 0 Å². The Kier molecular flexibility index (Phi) is 4.38. The van der Waals surface area contributed by atoms with Gasteiger partial charge in [-0.3, -0.25) is 9.59 Å². The molecule has 0 aliphatic carbocycles. The van der Waals surface area contributed by atoms with E-state index < -0.39 is 0 Å². The summed E-state index contributed by atoms with van der Waals surface area (Å²) in [4.78, 5) is 26.4. The van der Waals surface area contributed by atoms with E-state index in [1.54, 1.807) is 4.90 Å². The molecule has 0 unspecified atom stereocenters. The number of nitrogens with one attached hydrogen (secondary N) is 1. The maximum Gasteiger partial charge on any atom is 0.231 e. The van der Waals surface area contributed by atoms with Gasteiger partial charge < -0.3 is 10.2 Å². The first kappa shape index (κ1) is 15.6. The van der Waals surface area contributed by atoms with Crippen LogP contribution in [-0.4, -0.2) is 33.5 Å². The maximum atomic E-state index is 12.3. The van der Waals surface area contributed by atoms with E-state index in [-0.39, 0.29) is 30.2 Å². The third-order valence-corrected chi connectivity index (χ3v) is 4.79. The highest BCUT2D eigenvalue weighted by Crippen LogP contribution is 2.29. The molecule has 1 aliphatic rings. The number of amides is 2. The molecular weight excluding hydrogens is 312 g/mol. The van der Waals surface area contributed by atoms with Crippen molar-refractivity contribution in [2.75, 3.05) is 11.9 Å². The molecule has 2 aromatic rings. The number of carbonyl (C=O) groups excluding carboxylic acids is 2. The van der Waals surface area contributed by atoms with E-state index in [4.69, 9.17) is 0 Å². The summed E-state index contributed by atoms with van der Waals surface area (Å²) in [6, 6.07) is 9.81. The molecule has 1 saturated heterocycles. The fourth-order valence-corrected chi connectivity index (χ4v) is 3.34. The molecule has 0 radical (unpaired) electrons.